The summed E-state index contributed by atoms with van der Waals surface area (Å²) in [6, 6.07) is 7.93. The normalized spacial score (nSPS) is 12.4. The van der Waals surface area contributed by atoms with Crippen LogP contribution in [-0.4, -0.2) is 24.0 Å². The van der Waals surface area contributed by atoms with Crippen LogP contribution in [0.4, 0.5) is 5.82 Å². The predicted octanol–water partition coefficient (Wildman–Crippen LogP) is 3.05. The molecule has 0 aliphatic heterocycles. The van der Waals surface area contributed by atoms with Crippen LogP contribution in [0.1, 0.15) is 31.1 Å². The number of rotatable bonds is 4. The maximum Gasteiger partial charge on any atom is 0.253 e. The van der Waals surface area contributed by atoms with Crippen molar-refractivity contribution in [3.63, 3.8) is 0 Å². The molecule has 0 saturated heterocycles. The number of carbonyl (C=O) groups excluding carboxylic acids is 1. The molecule has 1 unspecified atom stereocenters. The van der Waals surface area contributed by atoms with Gasteiger partial charge in [0, 0.05) is 24.7 Å². The molecule has 0 aliphatic rings. The minimum absolute atomic E-state index is 0.0717. The zero-order valence-corrected chi connectivity index (χ0v) is 12.4. The fourth-order valence-corrected chi connectivity index (χ4v) is 2.02. The molecular formula is C16H21N3O. The van der Waals surface area contributed by atoms with E-state index >= 15 is 0 Å². The van der Waals surface area contributed by atoms with E-state index in [1.165, 1.54) is 0 Å². The van der Waals surface area contributed by atoms with Crippen LogP contribution in [0.15, 0.2) is 30.5 Å². The molecule has 2 aromatic rings. The maximum atomic E-state index is 12.4. The Bertz CT molecular complexity index is 622. The highest BCUT2D eigenvalue weighted by molar-refractivity contribution is 6.09. The maximum absolute atomic E-state index is 12.4. The van der Waals surface area contributed by atoms with Gasteiger partial charge in [0.25, 0.3) is 5.91 Å². The lowest BCUT2D eigenvalue weighted by molar-refractivity contribution is 0.0932. The second-order valence-corrected chi connectivity index (χ2v) is 5.32. The molecule has 1 atom stereocenters. The van der Waals surface area contributed by atoms with Crippen molar-refractivity contribution in [2.24, 2.45) is 5.92 Å². The molecule has 4 nitrogen and oxygen atoms in total. The molecule has 0 aliphatic carbocycles. The smallest absolute Gasteiger partial charge is 0.253 e. The standard InChI is InChI=1S/C16H21N3O/c1-10(2)11(3)19-16(20)14-9-18-15(17-4)13-8-6-5-7-12(13)14/h5-11H,1-4H3,(H,17,18)(H,19,20). The molecular weight excluding hydrogens is 250 g/mol. The van der Waals surface area contributed by atoms with E-state index < -0.39 is 0 Å². The molecule has 0 bridgehead atoms. The van der Waals surface area contributed by atoms with Gasteiger partial charge in [-0.1, -0.05) is 38.1 Å². The molecule has 1 amide bonds. The number of hydrogen-bond donors (Lipinski definition) is 2. The number of hydrogen-bond acceptors (Lipinski definition) is 3. The number of aromatic nitrogens is 1. The van der Waals surface area contributed by atoms with Crippen LogP contribution in [0.25, 0.3) is 10.8 Å². The summed E-state index contributed by atoms with van der Waals surface area (Å²) >= 11 is 0. The minimum atomic E-state index is -0.0717. The monoisotopic (exact) mass is 271 g/mol. The molecule has 0 fully saturated rings. The molecule has 1 aromatic carbocycles. The van der Waals surface area contributed by atoms with Gasteiger partial charge in [0.15, 0.2) is 0 Å². The molecule has 106 valence electrons. The summed E-state index contributed by atoms with van der Waals surface area (Å²) in [4.78, 5) is 16.7. The summed E-state index contributed by atoms with van der Waals surface area (Å²) in [6.45, 7) is 6.19. The topological polar surface area (TPSA) is 54.0 Å². The number of benzene rings is 1. The molecule has 2 rings (SSSR count). The first kappa shape index (κ1) is 14.3. The average molecular weight is 271 g/mol. The molecule has 0 spiro atoms. The Balaban J connectivity index is 2.43. The Kier molecular flexibility index (Phi) is 4.23. The third kappa shape index (κ3) is 2.74. The lowest BCUT2D eigenvalue weighted by Gasteiger charge is -2.18. The van der Waals surface area contributed by atoms with Crippen molar-refractivity contribution in [2.75, 3.05) is 12.4 Å². The van der Waals surface area contributed by atoms with Crippen LogP contribution in [-0.2, 0) is 0 Å². The highest BCUT2D eigenvalue weighted by Crippen LogP contribution is 2.24. The van der Waals surface area contributed by atoms with Crippen LogP contribution in [0, 0.1) is 5.92 Å². The van der Waals surface area contributed by atoms with Crippen LogP contribution in [0.3, 0.4) is 0 Å². The summed E-state index contributed by atoms with van der Waals surface area (Å²) in [5.41, 5.74) is 0.618. The average Bonchev–Trinajstić information content (AvgIpc) is 2.45. The summed E-state index contributed by atoms with van der Waals surface area (Å²) < 4.78 is 0. The zero-order valence-electron chi connectivity index (χ0n) is 12.4. The van der Waals surface area contributed by atoms with E-state index in [0.29, 0.717) is 11.5 Å². The quantitative estimate of drug-likeness (QED) is 0.898. The Morgan fingerprint density at radius 2 is 1.80 bits per heavy atom. The van der Waals surface area contributed by atoms with Gasteiger partial charge in [-0.2, -0.15) is 0 Å². The third-order valence-corrected chi connectivity index (χ3v) is 3.64. The SMILES string of the molecule is CNc1ncc(C(=O)NC(C)C(C)C)c2ccccc12. The van der Waals surface area contributed by atoms with Gasteiger partial charge in [0.2, 0.25) is 0 Å². The van der Waals surface area contributed by atoms with Crippen molar-refractivity contribution in [1.82, 2.24) is 10.3 Å². The first-order valence-electron chi connectivity index (χ1n) is 6.91. The van der Waals surface area contributed by atoms with E-state index in [2.05, 4.69) is 29.5 Å². The second kappa shape index (κ2) is 5.90. The molecule has 1 heterocycles. The fourth-order valence-electron chi connectivity index (χ4n) is 2.02. The van der Waals surface area contributed by atoms with E-state index in [9.17, 15) is 4.79 Å². The van der Waals surface area contributed by atoms with Gasteiger partial charge in [0.05, 0.1) is 5.56 Å². The molecule has 0 radical (unpaired) electrons. The number of nitrogens with zero attached hydrogens (tertiary/aromatic N) is 1. The minimum Gasteiger partial charge on any atom is -0.373 e. The van der Waals surface area contributed by atoms with Gasteiger partial charge in [-0.25, -0.2) is 4.98 Å². The van der Waals surface area contributed by atoms with Crippen LogP contribution in [0.5, 0.6) is 0 Å². The summed E-state index contributed by atoms with van der Waals surface area (Å²) in [7, 11) is 1.83. The Hall–Kier alpha value is -2.10. The highest BCUT2D eigenvalue weighted by Gasteiger charge is 2.16. The summed E-state index contributed by atoms with van der Waals surface area (Å²) in [5, 5.41) is 7.95. The van der Waals surface area contributed by atoms with Crippen molar-refractivity contribution in [3.05, 3.63) is 36.0 Å². The van der Waals surface area contributed by atoms with Crippen molar-refractivity contribution >= 4 is 22.5 Å². The predicted molar refractivity (Wildman–Crippen MR) is 83.1 cm³/mol. The summed E-state index contributed by atoms with van der Waals surface area (Å²) in [6.07, 6.45) is 1.64. The van der Waals surface area contributed by atoms with Crippen molar-refractivity contribution in [3.8, 4) is 0 Å². The van der Waals surface area contributed by atoms with E-state index in [4.69, 9.17) is 0 Å². The first-order valence-corrected chi connectivity index (χ1v) is 6.91. The van der Waals surface area contributed by atoms with E-state index in [0.717, 1.165) is 16.6 Å². The van der Waals surface area contributed by atoms with Gasteiger partial charge < -0.3 is 10.6 Å². The number of pyridine rings is 1. The summed E-state index contributed by atoms with van der Waals surface area (Å²) in [5.74, 6) is 1.11. The van der Waals surface area contributed by atoms with E-state index in [1.54, 1.807) is 6.20 Å². The van der Waals surface area contributed by atoms with Gasteiger partial charge in [-0.3, -0.25) is 4.79 Å². The molecule has 20 heavy (non-hydrogen) atoms. The third-order valence-electron chi connectivity index (χ3n) is 3.64. The molecule has 4 heteroatoms. The first-order chi connectivity index (χ1) is 9.54. The molecule has 2 N–H and O–H groups in total. The number of anilines is 1. The number of amides is 1. The van der Waals surface area contributed by atoms with Crippen LogP contribution < -0.4 is 10.6 Å². The molecule has 1 aromatic heterocycles. The van der Waals surface area contributed by atoms with Crippen LogP contribution >= 0.6 is 0 Å². The van der Waals surface area contributed by atoms with E-state index in [1.807, 2.05) is 38.2 Å². The number of nitrogens with one attached hydrogen (secondary N) is 2. The Morgan fingerprint density at radius 3 is 2.40 bits per heavy atom. The van der Waals surface area contributed by atoms with Crippen molar-refractivity contribution < 1.29 is 4.79 Å². The number of fused-ring (bicyclic) bond motifs is 1. The Morgan fingerprint density at radius 1 is 1.15 bits per heavy atom. The van der Waals surface area contributed by atoms with Gasteiger partial charge in [0.1, 0.15) is 5.82 Å². The highest BCUT2D eigenvalue weighted by atomic mass is 16.1. The lowest BCUT2D eigenvalue weighted by atomic mass is 10.0. The fraction of sp³-hybridized carbons (Fsp3) is 0.375. The second-order valence-electron chi connectivity index (χ2n) is 5.32. The lowest BCUT2D eigenvalue weighted by Crippen LogP contribution is -2.36. The zero-order chi connectivity index (χ0) is 14.7. The van der Waals surface area contributed by atoms with Gasteiger partial charge in [-0.05, 0) is 18.2 Å². The van der Waals surface area contributed by atoms with Crippen molar-refractivity contribution in [2.45, 2.75) is 26.8 Å². The Labute approximate surface area is 119 Å². The largest absolute Gasteiger partial charge is 0.373 e. The van der Waals surface area contributed by atoms with Gasteiger partial charge in [-0.15, -0.1) is 0 Å². The molecule has 0 saturated carbocycles. The van der Waals surface area contributed by atoms with Crippen LogP contribution in [0.2, 0.25) is 0 Å². The van der Waals surface area contributed by atoms with E-state index in [-0.39, 0.29) is 11.9 Å². The van der Waals surface area contributed by atoms with Gasteiger partial charge >= 0.3 is 0 Å². The van der Waals surface area contributed by atoms with Crippen molar-refractivity contribution in [1.29, 1.82) is 0 Å². The number of carbonyl (C=O) groups is 1.